The van der Waals surface area contributed by atoms with Crippen LogP contribution in [0.5, 0.6) is 0 Å². The second-order valence-electron chi connectivity index (χ2n) is 9.51. The number of aliphatic hydroxyl groups is 2. The van der Waals surface area contributed by atoms with Crippen molar-refractivity contribution in [3.8, 4) is 17.2 Å². The molecule has 0 saturated heterocycles. The molecule has 10 heteroatoms. The maximum atomic E-state index is 16.1. The van der Waals surface area contributed by atoms with Crippen molar-refractivity contribution in [1.29, 1.82) is 5.26 Å². The van der Waals surface area contributed by atoms with Crippen LogP contribution in [0.2, 0.25) is 5.02 Å². The van der Waals surface area contributed by atoms with E-state index in [9.17, 15) is 25.1 Å². The summed E-state index contributed by atoms with van der Waals surface area (Å²) < 4.78 is 16.1. The zero-order valence-corrected chi connectivity index (χ0v) is 21.0. The highest BCUT2D eigenvalue weighted by Crippen LogP contribution is 2.47. The summed E-state index contributed by atoms with van der Waals surface area (Å²) in [6.07, 6.45) is -2.60. The predicted molar refractivity (Wildman–Crippen MR) is 134 cm³/mol. The van der Waals surface area contributed by atoms with E-state index in [4.69, 9.17) is 16.4 Å². The third kappa shape index (κ3) is 4.25. The molecule has 2 heterocycles. The summed E-state index contributed by atoms with van der Waals surface area (Å²) in [5.41, 5.74) is -1.36. The van der Waals surface area contributed by atoms with Gasteiger partial charge in [0, 0.05) is 41.1 Å². The molecule has 1 aliphatic carbocycles. The number of pyridine rings is 1. The Hall–Kier alpha value is -3.68. The number of hydroxylamine groups is 2. The molecule has 8 nitrogen and oxygen atoms in total. The lowest BCUT2D eigenvalue weighted by atomic mass is 9.79. The lowest BCUT2D eigenvalue weighted by molar-refractivity contribution is -0.244. The molecule has 1 aromatic heterocycles. The van der Waals surface area contributed by atoms with Gasteiger partial charge in [-0.05, 0) is 36.8 Å². The average Bonchev–Trinajstić information content (AvgIpc) is 3.12. The quantitative estimate of drug-likeness (QED) is 0.472. The van der Waals surface area contributed by atoms with Crippen LogP contribution in [-0.2, 0) is 21.6 Å². The van der Waals surface area contributed by atoms with E-state index >= 15 is 4.39 Å². The van der Waals surface area contributed by atoms with Crippen molar-refractivity contribution in [1.82, 2.24) is 10.0 Å². The predicted octanol–water partition coefficient (Wildman–Crippen LogP) is 3.71. The molecule has 3 aromatic rings. The van der Waals surface area contributed by atoms with E-state index in [-0.39, 0.29) is 47.3 Å². The first-order valence-corrected chi connectivity index (χ1v) is 12.4. The second kappa shape index (κ2) is 9.89. The van der Waals surface area contributed by atoms with Gasteiger partial charge in [0.25, 0.3) is 5.91 Å². The van der Waals surface area contributed by atoms with E-state index in [0.717, 1.165) is 5.06 Å². The topological polar surface area (TPSA) is 124 Å². The van der Waals surface area contributed by atoms with Crippen LogP contribution in [-0.4, -0.2) is 50.3 Å². The van der Waals surface area contributed by atoms with Crippen molar-refractivity contribution in [2.45, 2.75) is 50.0 Å². The number of nitrogens with zero attached hydrogens (tertiary/aromatic N) is 3. The molecule has 38 heavy (non-hydrogen) atoms. The number of benzene rings is 2. The second-order valence-corrected chi connectivity index (χ2v) is 9.95. The number of fused-ring (bicyclic) bond motifs is 1. The highest BCUT2D eigenvalue weighted by atomic mass is 35.5. The molecule has 0 spiro atoms. The number of Topliss-reactive ketones (excluding diaryl/α,β-unsaturated/α-hetero) is 1. The van der Waals surface area contributed by atoms with Crippen LogP contribution in [0.25, 0.3) is 11.1 Å². The van der Waals surface area contributed by atoms with E-state index in [0.29, 0.717) is 10.6 Å². The average molecular weight is 536 g/mol. The van der Waals surface area contributed by atoms with Crippen LogP contribution in [0.4, 0.5) is 4.39 Å². The Morgan fingerprint density at radius 1 is 1.26 bits per heavy atom. The molecule has 5 rings (SSSR count). The normalized spacial score (nSPS) is 22.9. The highest BCUT2D eigenvalue weighted by Gasteiger charge is 2.59. The van der Waals surface area contributed by atoms with Crippen molar-refractivity contribution in [3.63, 3.8) is 0 Å². The van der Waals surface area contributed by atoms with Crippen molar-refractivity contribution in [2.24, 2.45) is 0 Å². The first kappa shape index (κ1) is 25.9. The Morgan fingerprint density at radius 2 is 1.97 bits per heavy atom. The zero-order chi connectivity index (χ0) is 27.2. The van der Waals surface area contributed by atoms with Crippen LogP contribution < -0.4 is 0 Å². The summed E-state index contributed by atoms with van der Waals surface area (Å²) in [5, 5.41) is 30.9. The van der Waals surface area contributed by atoms with Gasteiger partial charge >= 0.3 is 0 Å². The van der Waals surface area contributed by atoms with E-state index < -0.39 is 41.4 Å². The number of nitriles is 1. The Labute approximate surface area is 222 Å². The standard InChI is InChI=1S/C28H23ClFN3O5/c1-15(34)26(36)28(13-18-3-2-4-19(14-31)32-18)23-10-9-22(16-5-7-17(29)8-6-16)25(30)24(23)27(37)33(28)38-21-11-20(35)12-21/h2-10,15,20-21,34-35H,11-13H2,1H3/t15?,20?,21?,28-/m1/s1. The van der Waals surface area contributed by atoms with Crippen molar-refractivity contribution < 1.29 is 29.0 Å². The summed E-state index contributed by atoms with van der Waals surface area (Å²) in [4.78, 5) is 37.9. The summed E-state index contributed by atoms with van der Waals surface area (Å²) >= 11 is 5.98. The largest absolute Gasteiger partial charge is 0.393 e. The van der Waals surface area contributed by atoms with E-state index in [1.165, 1.54) is 25.1 Å². The minimum atomic E-state index is -1.97. The Kier molecular flexibility index (Phi) is 6.75. The molecule has 2 aliphatic rings. The fourth-order valence-electron chi connectivity index (χ4n) is 5.01. The number of hydrogen-bond acceptors (Lipinski definition) is 7. The van der Waals surface area contributed by atoms with Gasteiger partial charge in [0.1, 0.15) is 23.7 Å². The molecule has 194 valence electrons. The first-order valence-electron chi connectivity index (χ1n) is 12.0. The summed E-state index contributed by atoms with van der Waals surface area (Å²) in [7, 11) is 0. The van der Waals surface area contributed by atoms with Crippen LogP contribution in [0.1, 0.15) is 47.1 Å². The third-order valence-electron chi connectivity index (χ3n) is 6.96. The van der Waals surface area contributed by atoms with Gasteiger partial charge in [0.15, 0.2) is 11.3 Å². The molecule has 1 aliphatic heterocycles. The minimum absolute atomic E-state index is 0.0210. The molecule has 2 atom stereocenters. The molecule has 1 saturated carbocycles. The number of rotatable bonds is 7. The van der Waals surface area contributed by atoms with Crippen LogP contribution in [0, 0.1) is 17.1 Å². The molecule has 0 bridgehead atoms. The smallest absolute Gasteiger partial charge is 0.282 e. The SMILES string of the molecule is CC(O)C(=O)[C@@]1(Cc2cccc(C#N)n2)c2ccc(-c3ccc(Cl)cc3)c(F)c2C(=O)N1OC1CC(O)C1. The number of aromatic nitrogens is 1. The van der Waals surface area contributed by atoms with Crippen LogP contribution >= 0.6 is 11.6 Å². The highest BCUT2D eigenvalue weighted by molar-refractivity contribution is 6.30. The van der Waals surface area contributed by atoms with Crippen molar-refractivity contribution in [3.05, 3.63) is 88.0 Å². The van der Waals surface area contributed by atoms with Crippen molar-refractivity contribution >= 4 is 23.3 Å². The number of hydrogen-bond donors (Lipinski definition) is 2. The number of ketones is 1. The van der Waals surface area contributed by atoms with Crippen LogP contribution in [0.15, 0.2) is 54.6 Å². The van der Waals surface area contributed by atoms with Gasteiger partial charge in [-0.1, -0.05) is 41.9 Å². The zero-order valence-electron chi connectivity index (χ0n) is 20.3. The Balaban J connectivity index is 1.72. The number of aliphatic hydroxyl groups excluding tert-OH is 2. The van der Waals surface area contributed by atoms with Gasteiger partial charge in [-0.2, -0.15) is 10.3 Å². The summed E-state index contributed by atoms with van der Waals surface area (Å²) in [6.45, 7) is 1.26. The number of halogens is 2. The Morgan fingerprint density at radius 3 is 2.61 bits per heavy atom. The third-order valence-corrected chi connectivity index (χ3v) is 7.21. The van der Waals surface area contributed by atoms with Crippen LogP contribution in [0.3, 0.4) is 0 Å². The maximum Gasteiger partial charge on any atom is 0.282 e. The minimum Gasteiger partial charge on any atom is -0.393 e. The van der Waals surface area contributed by atoms with Gasteiger partial charge in [0.05, 0.1) is 17.8 Å². The summed E-state index contributed by atoms with van der Waals surface area (Å²) in [5.74, 6) is -2.54. The number of amides is 1. The number of carbonyl (C=O) groups is 2. The fraction of sp³-hybridized carbons (Fsp3) is 0.286. The van der Waals surface area contributed by atoms with E-state index in [1.807, 2.05) is 6.07 Å². The van der Waals surface area contributed by atoms with Gasteiger partial charge in [0.2, 0.25) is 0 Å². The van der Waals surface area contributed by atoms with Crippen molar-refractivity contribution in [2.75, 3.05) is 0 Å². The Bertz CT molecular complexity index is 1470. The lowest BCUT2D eigenvalue weighted by Crippen LogP contribution is -2.56. The molecule has 0 radical (unpaired) electrons. The molecule has 1 unspecified atom stereocenters. The van der Waals surface area contributed by atoms with Gasteiger partial charge < -0.3 is 10.2 Å². The summed E-state index contributed by atoms with van der Waals surface area (Å²) in [6, 6.07) is 15.9. The molecule has 1 amide bonds. The first-order chi connectivity index (χ1) is 18.1. The molecule has 2 N–H and O–H groups in total. The van der Waals surface area contributed by atoms with E-state index in [2.05, 4.69) is 4.98 Å². The monoisotopic (exact) mass is 535 g/mol. The fourth-order valence-corrected chi connectivity index (χ4v) is 5.14. The molecular weight excluding hydrogens is 513 g/mol. The van der Waals surface area contributed by atoms with Gasteiger partial charge in [-0.15, -0.1) is 0 Å². The molecule has 2 aromatic carbocycles. The van der Waals surface area contributed by atoms with E-state index in [1.54, 1.807) is 36.4 Å². The van der Waals surface area contributed by atoms with Gasteiger partial charge in [-0.25, -0.2) is 9.37 Å². The maximum absolute atomic E-state index is 16.1. The van der Waals surface area contributed by atoms with Gasteiger partial charge in [-0.3, -0.25) is 14.4 Å². The molecular formula is C28H23ClFN3O5. The molecule has 1 fully saturated rings. The number of carbonyl (C=O) groups excluding carboxylic acids is 2. The lowest BCUT2D eigenvalue weighted by Gasteiger charge is -2.42.